The maximum atomic E-state index is 4.76. The first-order valence-electron chi connectivity index (χ1n) is 8.93. The number of nitrogens with zero attached hydrogens (tertiary/aromatic N) is 4. The van der Waals surface area contributed by atoms with Gasteiger partial charge in [0.2, 0.25) is 0 Å². The lowest BCUT2D eigenvalue weighted by Gasteiger charge is -2.35. The zero-order valence-corrected chi connectivity index (χ0v) is 15.7. The Morgan fingerprint density at radius 1 is 1.04 bits per heavy atom. The van der Waals surface area contributed by atoms with Crippen molar-refractivity contribution in [1.82, 2.24) is 14.9 Å². The molecule has 1 aliphatic heterocycles. The second-order valence-corrected chi connectivity index (χ2v) is 7.39. The second-order valence-electron chi connectivity index (χ2n) is 6.54. The minimum atomic E-state index is 0.905. The summed E-state index contributed by atoms with van der Waals surface area (Å²) in [6.07, 6.45) is 1.86. The van der Waals surface area contributed by atoms with Gasteiger partial charge in [-0.05, 0) is 30.7 Å². The predicted octanol–water partition coefficient (Wildman–Crippen LogP) is 3.91. The van der Waals surface area contributed by atoms with Crippen LogP contribution < -0.4 is 10.2 Å². The van der Waals surface area contributed by atoms with Gasteiger partial charge < -0.3 is 10.2 Å². The summed E-state index contributed by atoms with van der Waals surface area (Å²) in [6.45, 7) is 7.11. The molecule has 2 aromatic heterocycles. The molecule has 3 aromatic rings. The number of para-hydroxylation sites is 1. The number of piperazine rings is 1. The van der Waals surface area contributed by atoms with E-state index in [1.54, 1.807) is 11.3 Å². The van der Waals surface area contributed by atoms with Crippen molar-refractivity contribution in [3.8, 4) is 0 Å². The molecular weight excluding hydrogens is 342 g/mol. The van der Waals surface area contributed by atoms with Crippen molar-refractivity contribution in [2.45, 2.75) is 13.5 Å². The molecule has 6 heteroatoms. The number of thiazole rings is 1. The molecule has 1 aliphatic rings. The smallest absolute Gasteiger partial charge is 0.187 e. The highest BCUT2D eigenvalue weighted by Gasteiger charge is 2.18. The van der Waals surface area contributed by atoms with E-state index in [-0.39, 0.29) is 0 Å². The van der Waals surface area contributed by atoms with Gasteiger partial charge >= 0.3 is 0 Å². The lowest BCUT2D eigenvalue weighted by molar-refractivity contribution is 0.247. The van der Waals surface area contributed by atoms with Crippen molar-refractivity contribution in [3.63, 3.8) is 0 Å². The van der Waals surface area contributed by atoms with Gasteiger partial charge in [0.05, 0.1) is 5.69 Å². The summed E-state index contributed by atoms with van der Waals surface area (Å²) in [5.74, 6) is 1.07. The summed E-state index contributed by atoms with van der Waals surface area (Å²) in [5.41, 5.74) is 3.49. The van der Waals surface area contributed by atoms with Crippen LogP contribution in [0.25, 0.3) is 0 Å². The molecule has 1 saturated heterocycles. The van der Waals surface area contributed by atoms with Gasteiger partial charge in [0.1, 0.15) is 5.82 Å². The third kappa shape index (κ3) is 4.03. The molecule has 0 radical (unpaired) electrons. The molecule has 1 N–H and O–H groups in total. The van der Waals surface area contributed by atoms with Crippen LogP contribution in [0.2, 0.25) is 0 Å². The van der Waals surface area contributed by atoms with Gasteiger partial charge in [0.15, 0.2) is 5.13 Å². The summed E-state index contributed by atoms with van der Waals surface area (Å²) < 4.78 is 0. The average Bonchev–Trinajstić information content (AvgIpc) is 3.12. The van der Waals surface area contributed by atoms with E-state index >= 15 is 0 Å². The first-order chi connectivity index (χ1) is 12.8. The summed E-state index contributed by atoms with van der Waals surface area (Å²) >= 11 is 1.67. The summed E-state index contributed by atoms with van der Waals surface area (Å²) in [7, 11) is 0. The molecule has 0 bridgehead atoms. The van der Waals surface area contributed by atoms with Crippen LogP contribution in [0.1, 0.15) is 11.3 Å². The average molecular weight is 366 g/mol. The Balaban J connectivity index is 1.32. The van der Waals surface area contributed by atoms with Gasteiger partial charge in [-0.3, -0.25) is 4.90 Å². The van der Waals surface area contributed by atoms with Gasteiger partial charge in [-0.15, -0.1) is 11.3 Å². The molecule has 26 heavy (non-hydrogen) atoms. The van der Waals surface area contributed by atoms with E-state index in [0.717, 1.165) is 55.1 Å². The van der Waals surface area contributed by atoms with Gasteiger partial charge in [-0.1, -0.05) is 24.3 Å². The molecule has 0 unspecified atom stereocenters. The molecule has 0 aliphatic carbocycles. The van der Waals surface area contributed by atoms with Crippen molar-refractivity contribution in [2.24, 2.45) is 0 Å². The molecule has 0 spiro atoms. The minimum Gasteiger partial charge on any atom is -0.354 e. The molecule has 0 amide bonds. The Hall–Kier alpha value is -2.44. The van der Waals surface area contributed by atoms with Crippen LogP contribution in [-0.4, -0.2) is 41.0 Å². The fourth-order valence-electron chi connectivity index (χ4n) is 3.17. The van der Waals surface area contributed by atoms with Crippen molar-refractivity contribution in [2.75, 3.05) is 36.4 Å². The number of anilines is 3. The summed E-state index contributed by atoms with van der Waals surface area (Å²) in [6, 6.07) is 14.4. The van der Waals surface area contributed by atoms with Crippen LogP contribution in [0.4, 0.5) is 16.6 Å². The Labute approximate surface area is 158 Å². The minimum absolute atomic E-state index is 0.905. The van der Waals surface area contributed by atoms with Crippen molar-refractivity contribution in [1.29, 1.82) is 0 Å². The molecule has 1 fully saturated rings. The van der Waals surface area contributed by atoms with Crippen molar-refractivity contribution in [3.05, 3.63) is 65.3 Å². The highest BCUT2D eigenvalue weighted by molar-refractivity contribution is 7.13. The molecule has 0 saturated carbocycles. The highest BCUT2D eigenvalue weighted by Crippen LogP contribution is 2.24. The molecule has 4 rings (SSSR count). The molecule has 0 atom stereocenters. The van der Waals surface area contributed by atoms with Crippen LogP contribution in [0.5, 0.6) is 0 Å². The predicted molar refractivity (Wildman–Crippen MR) is 108 cm³/mol. The van der Waals surface area contributed by atoms with Crippen molar-refractivity contribution >= 4 is 28.0 Å². The van der Waals surface area contributed by atoms with Crippen molar-refractivity contribution < 1.29 is 0 Å². The largest absolute Gasteiger partial charge is 0.354 e. The van der Waals surface area contributed by atoms with E-state index in [2.05, 4.69) is 56.7 Å². The van der Waals surface area contributed by atoms with E-state index in [0.29, 0.717) is 0 Å². The lowest BCUT2D eigenvalue weighted by atomic mass is 10.2. The monoisotopic (exact) mass is 365 g/mol. The Bertz CT molecular complexity index is 840. The van der Waals surface area contributed by atoms with Crippen LogP contribution in [0.15, 0.2) is 54.0 Å². The fraction of sp³-hybridized carbons (Fsp3) is 0.300. The topological polar surface area (TPSA) is 44.3 Å². The number of rotatable bonds is 5. The van der Waals surface area contributed by atoms with Crippen LogP contribution >= 0.6 is 11.3 Å². The summed E-state index contributed by atoms with van der Waals surface area (Å²) in [5, 5.41) is 6.55. The zero-order chi connectivity index (χ0) is 17.8. The number of pyridine rings is 1. The number of nitrogens with one attached hydrogen (secondary N) is 1. The highest BCUT2D eigenvalue weighted by atomic mass is 32.1. The second kappa shape index (κ2) is 7.85. The van der Waals surface area contributed by atoms with E-state index in [9.17, 15) is 0 Å². The lowest BCUT2D eigenvalue weighted by Crippen LogP contribution is -2.46. The first kappa shape index (κ1) is 17.0. The number of aromatic nitrogens is 2. The summed E-state index contributed by atoms with van der Waals surface area (Å²) in [4.78, 5) is 14.0. The van der Waals surface area contributed by atoms with E-state index in [1.165, 1.54) is 5.56 Å². The number of hydrogen-bond acceptors (Lipinski definition) is 6. The van der Waals surface area contributed by atoms with Crippen LogP contribution in [0, 0.1) is 6.92 Å². The molecule has 1 aromatic carbocycles. The first-order valence-corrected chi connectivity index (χ1v) is 9.81. The van der Waals surface area contributed by atoms with Gasteiger partial charge in [-0.25, -0.2) is 9.97 Å². The standard InChI is InChI=1S/C20H23N5S/c1-16-6-2-3-7-18(16)23-20-22-17(15-26-20)14-24-10-12-25(13-11-24)19-8-4-5-9-21-19/h2-9,15H,10-14H2,1H3,(H,22,23). The van der Waals surface area contributed by atoms with Crippen LogP contribution in [-0.2, 0) is 6.54 Å². The number of benzene rings is 1. The molecule has 3 heterocycles. The Kier molecular flexibility index (Phi) is 5.13. The Morgan fingerprint density at radius 3 is 2.62 bits per heavy atom. The Morgan fingerprint density at radius 2 is 1.85 bits per heavy atom. The number of hydrogen-bond donors (Lipinski definition) is 1. The zero-order valence-electron chi connectivity index (χ0n) is 14.9. The van der Waals surface area contributed by atoms with Gasteiger partial charge in [0, 0.05) is 50.0 Å². The third-order valence-electron chi connectivity index (χ3n) is 4.67. The van der Waals surface area contributed by atoms with E-state index < -0.39 is 0 Å². The van der Waals surface area contributed by atoms with E-state index in [4.69, 9.17) is 4.98 Å². The molecular formula is C20H23N5S. The normalized spacial score (nSPS) is 15.2. The van der Waals surface area contributed by atoms with Gasteiger partial charge in [-0.2, -0.15) is 0 Å². The maximum Gasteiger partial charge on any atom is 0.187 e. The maximum absolute atomic E-state index is 4.76. The fourth-order valence-corrected chi connectivity index (χ4v) is 3.88. The third-order valence-corrected chi connectivity index (χ3v) is 5.48. The molecule has 134 valence electrons. The quantitative estimate of drug-likeness (QED) is 0.743. The van der Waals surface area contributed by atoms with E-state index in [1.807, 2.05) is 24.4 Å². The van der Waals surface area contributed by atoms with Crippen LogP contribution in [0.3, 0.4) is 0 Å². The molecule has 5 nitrogen and oxygen atoms in total. The van der Waals surface area contributed by atoms with Gasteiger partial charge in [0.25, 0.3) is 0 Å². The number of aryl methyl sites for hydroxylation is 1. The SMILES string of the molecule is Cc1ccccc1Nc1nc(CN2CCN(c3ccccn3)CC2)cs1.